The number of thioether (sulfide) groups is 1. The van der Waals surface area contributed by atoms with E-state index in [0.29, 0.717) is 17.1 Å². The van der Waals surface area contributed by atoms with E-state index in [2.05, 4.69) is 20.7 Å². The molecule has 0 bridgehead atoms. The lowest BCUT2D eigenvalue weighted by Crippen LogP contribution is -2.19. The Morgan fingerprint density at radius 1 is 1.23 bits per heavy atom. The summed E-state index contributed by atoms with van der Waals surface area (Å²) in [6.07, 6.45) is 1.46. The van der Waals surface area contributed by atoms with Gasteiger partial charge in [0.1, 0.15) is 4.92 Å². The predicted molar refractivity (Wildman–Crippen MR) is 105 cm³/mol. The first kappa shape index (κ1) is 20.9. The number of rotatable bonds is 9. The van der Waals surface area contributed by atoms with Crippen LogP contribution in [0.3, 0.4) is 0 Å². The molecule has 0 saturated carbocycles. The molecule has 0 fully saturated rings. The van der Waals surface area contributed by atoms with Gasteiger partial charge >= 0.3 is 5.88 Å². The summed E-state index contributed by atoms with van der Waals surface area (Å²) in [6.45, 7) is 0. The molecule has 12 nitrogen and oxygen atoms in total. The van der Waals surface area contributed by atoms with Gasteiger partial charge in [0, 0.05) is 0 Å². The predicted octanol–water partition coefficient (Wildman–Crippen LogP) is 2.50. The van der Waals surface area contributed by atoms with E-state index in [-0.39, 0.29) is 22.6 Å². The van der Waals surface area contributed by atoms with Gasteiger partial charge in [-0.2, -0.15) is 5.10 Å². The summed E-state index contributed by atoms with van der Waals surface area (Å²) in [6, 6.07) is 7.71. The number of furan rings is 1. The van der Waals surface area contributed by atoms with Crippen molar-refractivity contribution >= 4 is 29.8 Å². The topological polar surface area (TPSA) is 155 Å². The molecule has 0 atom stereocenters. The van der Waals surface area contributed by atoms with Crippen LogP contribution in [0.15, 0.2) is 49.5 Å². The van der Waals surface area contributed by atoms with Crippen molar-refractivity contribution in [3.05, 3.63) is 46.0 Å². The molecule has 1 amide bonds. The third kappa shape index (κ3) is 5.14. The molecule has 0 aliphatic heterocycles. The van der Waals surface area contributed by atoms with Gasteiger partial charge in [-0.25, -0.2) is 5.43 Å². The molecule has 3 aromatic rings. The summed E-state index contributed by atoms with van der Waals surface area (Å²) in [5.41, 5.74) is 3.08. The maximum absolute atomic E-state index is 11.9. The number of hydrogen-bond donors (Lipinski definition) is 1. The van der Waals surface area contributed by atoms with Gasteiger partial charge in [0.25, 0.3) is 17.0 Å². The maximum Gasteiger partial charge on any atom is 0.433 e. The van der Waals surface area contributed by atoms with Gasteiger partial charge < -0.3 is 18.3 Å². The van der Waals surface area contributed by atoms with Crippen molar-refractivity contribution in [2.45, 2.75) is 5.22 Å². The summed E-state index contributed by atoms with van der Waals surface area (Å²) >= 11 is 0.976. The van der Waals surface area contributed by atoms with Crippen LogP contribution >= 0.6 is 11.8 Å². The number of nitro groups is 1. The zero-order valence-electron chi connectivity index (χ0n) is 15.7. The summed E-state index contributed by atoms with van der Waals surface area (Å²) < 4.78 is 20.6. The van der Waals surface area contributed by atoms with Crippen molar-refractivity contribution < 1.29 is 28.0 Å². The van der Waals surface area contributed by atoms with Crippen molar-refractivity contribution in [1.29, 1.82) is 0 Å². The lowest BCUT2D eigenvalue weighted by Gasteiger charge is -2.07. The lowest BCUT2D eigenvalue weighted by molar-refractivity contribution is -0.401. The SMILES string of the molecule is COc1ccc(/C=N/NC(=O)CSc2nnc(-c3ccc([N+](=O)[O-])o3)o2)cc1OC. The molecule has 2 aromatic heterocycles. The number of carbonyl (C=O) groups is 1. The molecule has 1 aromatic carbocycles. The average molecular weight is 433 g/mol. The first-order valence-corrected chi connectivity index (χ1v) is 9.23. The van der Waals surface area contributed by atoms with Crippen LogP contribution in [0, 0.1) is 10.1 Å². The van der Waals surface area contributed by atoms with Crippen molar-refractivity contribution in [3.8, 4) is 23.1 Å². The van der Waals surface area contributed by atoms with E-state index < -0.39 is 16.7 Å². The van der Waals surface area contributed by atoms with Crippen LogP contribution < -0.4 is 14.9 Å². The molecule has 0 aliphatic rings. The third-order valence-corrected chi connectivity index (χ3v) is 4.34. The molecule has 13 heteroatoms. The number of hydrazone groups is 1. The van der Waals surface area contributed by atoms with Crippen LogP contribution in [0.2, 0.25) is 0 Å². The molecular formula is C17H15N5O7S. The van der Waals surface area contributed by atoms with Crippen LogP contribution in [-0.4, -0.2) is 47.2 Å². The fraction of sp³-hybridized carbons (Fsp3) is 0.176. The highest BCUT2D eigenvalue weighted by atomic mass is 32.2. The second kappa shape index (κ2) is 9.56. The van der Waals surface area contributed by atoms with Crippen LogP contribution in [0.1, 0.15) is 5.56 Å². The number of aromatic nitrogens is 2. The monoisotopic (exact) mass is 433 g/mol. The zero-order chi connectivity index (χ0) is 21.5. The number of nitrogens with zero attached hydrogens (tertiary/aromatic N) is 4. The van der Waals surface area contributed by atoms with Crippen molar-refractivity contribution in [2.75, 3.05) is 20.0 Å². The fourth-order valence-electron chi connectivity index (χ4n) is 2.18. The highest BCUT2D eigenvalue weighted by molar-refractivity contribution is 7.99. The minimum Gasteiger partial charge on any atom is -0.493 e. The number of carbonyl (C=O) groups excluding carboxylic acids is 1. The van der Waals surface area contributed by atoms with E-state index in [1.54, 1.807) is 18.2 Å². The van der Waals surface area contributed by atoms with Gasteiger partial charge in [-0.1, -0.05) is 11.8 Å². The summed E-state index contributed by atoms with van der Waals surface area (Å²) in [5, 5.41) is 22.1. The molecule has 30 heavy (non-hydrogen) atoms. The smallest absolute Gasteiger partial charge is 0.433 e. The Hall–Kier alpha value is -3.87. The highest BCUT2D eigenvalue weighted by Crippen LogP contribution is 2.28. The van der Waals surface area contributed by atoms with Crippen LogP contribution in [0.4, 0.5) is 5.88 Å². The number of nitrogens with one attached hydrogen (secondary N) is 1. The van der Waals surface area contributed by atoms with Gasteiger partial charge in [0.05, 0.1) is 32.3 Å². The minimum absolute atomic E-state index is 0.0301. The van der Waals surface area contributed by atoms with Crippen molar-refractivity contribution in [3.63, 3.8) is 0 Å². The van der Waals surface area contributed by atoms with Crippen molar-refractivity contribution in [1.82, 2.24) is 15.6 Å². The van der Waals surface area contributed by atoms with Gasteiger partial charge in [-0.15, -0.1) is 10.2 Å². The van der Waals surface area contributed by atoms with Crippen LogP contribution in [-0.2, 0) is 4.79 Å². The average Bonchev–Trinajstić information content (AvgIpc) is 3.41. The van der Waals surface area contributed by atoms with E-state index in [9.17, 15) is 14.9 Å². The Kier molecular flexibility index (Phi) is 6.64. The molecule has 0 radical (unpaired) electrons. The largest absolute Gasteiger partial charge is 0.493 e. The van der Waals surface area contributed by atoms with Crippen LogP contribution in [0.25, 0.3) is 11.7 Å². The normalized spacial score (nSPS) is 10.9. The quantitative estimate of drug-likeness (QED) is 0.230. The fourth-order valence-corrected chi connectivity index (χ4v) is 2.74. The molecule has 3 rings (SSSR count). The molecule has 156 valence electrons. The van der Waals surface area contributed by atoms with E-state index in [1.807, 2.05) is 0 Å². The number of hydrogen-bond acceptors (Lipinski definition) is 11. The Morgan fingerprint density at radius 3 is 2.73 bits per heavy atom. The second-order valence-corrected chi connectivity index (χ2v) is 6.39. The third-order valence-electron chi connectivity index (χ3n) is 3.53. The van der Waals surface area contributed by atoms with Gasteiger partial charge in [-0.05, 0) is 29.8 Å². The minimum atomic E-state index is -0.678. The first-order valence-electron chi connectivity index (χ1n) is 8.25. The summed E-state index contributed by atoms with van der Waals surface area (Å²) in [7, 11) is 3.06. The van der Waals surface area contributed by atoms with E-state index >= 15 is 0 Å². The Morgan fingerprint density at radius 2 is 2.03 bits per heavy atom. The maximum atomic E-state index is 11.9. The zero-order valence-corrected chi connectivity index (χ0v) is 16.5. The number of benzene rings is 1. The van der Waals surface area contributed by atoms with Crippen LogP contribution in [0.5, 0.6) is 11.5 Å². The van der Waals surface area contributed by atoms with Crippen molar-refractivity contribution in [2.24, 2.45) is 5.10 Å². The summed E-state index contributed by atoms with van der Waals surface area (Å²) in [5.74, 6) is 0.274. The standard InChI is InChI=1S/C17H15N5O7S/c1-26-11-4-3-10(7-13(11)27-2)8-18-19-14(23)9-30-17-21-20-16(29-17)12-5-6-15(28-12)22(24)25/h3-8H,9H2,1-2H3,(H,19,23)/b18-8+. The molecule has 0 spiro atoms. The molecule has 0 saturated heterocycles. The summed E-state index contributed by atoms with van der Waals surface area (Å²) in [4.78, 5) is 21.9. The van der Waals surface area contributed by atoms with Gasteiger partial charge in [0.2, 0.25) is 0 Å². The number of amides is 1. The molecular weight excluding hydrogens is 418 g/mol. The van der Waals surface area contributed by atoms with Gasteiger partial charge in [-0.3, -0.25) is 14.9 Å². The molecule has 0 unspecified atom stereocenters. The van der Waals surface area contributed by atoms with E-state index in [4.69, 9.17) is 18.3 Å². The Bertz CT molecular complexity index is 1080. The van der Waals surface area contributed by atoms with E-state index in [1.165, 1.54) is 32.6 Å². The van der Waals surface area contributed by atoms with E-state index in [0.717, 1.165) is 11.8 Å². The Balaban J connectivity index is 1.51. The highest BCUT2D eigenvalue weighted by Gasteiger charge is 2.18. The molecule has 2 heterocycles. The number of ether oxygens (including phenoxy) is 2. The molecule has 0 aliphatic carbocycles. The Labute approximate surface area is 173 Å². The molecule has 1 N–H and O–H groups in total. The lowest BCUT2D eigenvalue weighted by atomic mass is 10.2. The van der Waals surface area contributed by atoms with Gasteiger partial charge in [0.15, 0.2) is 17.3 Å². The first-order chi connectivity index (χ1) is 14.5. The number of methoxy groups -OCH3 is 2. The second-order valence-electron chi connectivity index (χ2n) is 5.46.